The number of phenols is 2. The quantitative estimate of drug-likeness (QED) is 0.0522. The average molecular weight is 1210 g/mol. The number of rotatable bonds is 22. The summed E-state index contributed by atoms with van der Waals surface area (Å²) < 4.78 is 4.99. The number of nitrogens with zero attached hydrogens (tertiary/aromatic N) is 2. The van der Waals surface area contributed by atoms with E-state index in [-0.39, 0.29) is 34.3 Å². The molecule has 13 rings (SSSR count). The van der Waals surface area contributed by atoms with Crippen LogP contribution in [0.5, 0.6) is 11.5 Å². The molecule has 0 saturated heterocycles. The average Bonchev–Trinajstić information content (AvgIpc) is 1.55. The van der Waals surface area contributed by atoms with Crippen molar-refractivity contribution >= 4 is 99.6 Å². The molecule has 4 unspecified atom stereocenters. The number of para-hydroxylation sites is 1. The number of anilines is 2. The van der Waals surface area contributed by atoms with E-state index >= 15 is 0 Å². The van der Waals surface area contributed by atoms with E-state index < -0.39 is 17.0 Å². The lowest BCUT2D eigenvalue weighted by atomic mass is 9.77. The molecule has 4 aliphatic rings. The molecule has 6 nitrogen and oxygen atoms in total. The Bertz CT molecular complexity index is 4030. The topological polar surface area (TPSA) is 86.8 Å². The van der Waals surface area contributed by atoms with Gasteiger partial charge in [-0.3, -0.25) is 4.79 Å². The molecule has 9 aromatic rings. The molecule has 2 aliphatic carbocycles. The lowest BCUT2D eigenvalue weighted by molar-refractivity contribution is -0.438. The summed E-state index contributed by atoms with van der Waals surface area (Å²) in [5.74, 6) is 0.288. The molecule has 4 aromatic heterocycles. The van der Waals surface area contributed by atoms with Crippen LogP contribution < -0.4 is 10.0 Å². The van der Waals surface area contributed by atoms with Crippen LogP contribution in [0, 0.1) is 11.8 Å². The van der Waals surface area contributed by atoms with Crippen molar-refractivity contribution in [1.29, 1.82) is 0 Å². The molecule has 86 heavy (non-hydrogen) atoms. The maximum atomic E-state index is 14.5. The van der Waals surface area contributed by atoms with E-state index in [9.17, 15) is 20.1 Å². The van der Waals surface area contributed by atoms with Gasteiger partial charge in [0, 0.05) is 131 Å². The fourth-order valence-electron chi connectivity index (χ4n) is 14.7. The van der Waals surface area contributed by atoms with E-state index in [1.54, 1.807) is 12.1 Å². The minimum Gasteiger partial charge on any atom is -0.871 e. The van der Waals surface area contributed by atoms with E-state index in [1.165, 1.54) is 123 Å². The van der Waals surface area contributed by atoms with Crippen molar-refractivity contribution in [1.82, 2.24) is 0 Å². The number of aromatic hydroxyl groups is 2. The Hall–Kier alpha value is -6.56. The fraction of sp³-hybridized carbons (Fsp3) is 0.368. The van der Waals surface area contributed by atoms with Crippen molar-refractivity contribution in [3.05, 3.63) is 165 Å². The van der Waals surface area contributed by atoms with E-state index in [0.29, 0.717) is 23.4 Å². The maximum Gasteiger partial charge on any atom is 0.209 e. The number of benzene rings is 5. The minimum atomic E-state index is -0.580. The molecular formula is C76H80N2O4S4. The number of phenolic OH excluding ortho intramolecular Hbond substituents is 2. The number of fused-ring (bicyclic) bond motifs is 6. The van der Waals surface area contributed by atoms with Crippen molar-refractivity contribution in [3.63, 3.8) is 0 Å². The number of hydrogen-bond donors (Lipinski definition) is 2. The highest BCUT2D eigenvalue weighted by Gasteiger charge is 2.47. The Balaban J connectivity index is 0.904. The monoisotopic (exact) mass is 1210 g/mol. The molecule has 0 spiro atoms. The largest absolute Gasteiger partial charge is 0.871 e. The molecule has 1 fully saturated rings. The molecule has 2 N–H and O–H groups in total. The second-order valence-corrected chi connectivity index (χ2v) is 29.8. The molecule has 2 aliphatic heterocycles. The van der Waals surface area contributed by atoms with Crippen LogP contribution in [0.1, 0.15) is 164 Å². The summed E-state index contributed by atoms with van der Waals surface area (Å²) in [7, 11) is 0. The molecule has 0 amide bonds. The summed E-state index contributed by atoms with van der Waals surface area (Å²) >= 11 is 7.83. The SMILES string of the molecule is CCCCC(CC)Cc1ccc(-c2c3cc(-c4ccc5c(c4)C(C)(C)C(/C=C4\C(=O)C(c6c(O)cc(N7c8ccccc8C8CCCC87)cc6O)=C4[O-])=[N+]5CCCC)sc3c(-c3ccc(CC(CC)CCCC)s3)c3cc(-c4ccccc4)sc23)s1. The third-order valence-electron chi connectivity index (χ3n) is 19.6. The Morgan fingerprint density at radius 3 is 1.84 bits per heavy atom. The highest BCUT2D eigenvalue weighted by Crippen LogP contribution is 2.57. The van der Waals surface area contributed by atoms with Gasteiger partial charge in [-0.25, -0.2) is 0 Å². The number of allylic oxidation sites excluding steroid dienone is 3. The Kier molecular flexibility index (Phi) is 16.4. The molecule has 0 radical (unpaired) electrons. The Morgan fingerprint density at radius 1 is 0.651 bits per heavy atom. The second kappa shape index (κ2) is 24.2. The second-order valence-electron chi connectivity index (χ2n) is 25.3. The van der Waals surface area contributed by atoms with Crippen LogP contribution in [0.4, 0.5) is 17.1 Å². The third kappa shape index (κ3) is 10.3. The standard InChI is InChI=1S/C76H80N2O4S4/c1-8-13-22-45(11-4)37-50-31-34-63(83-50)68-54-42-65(47-24-17-16-18-25-47)85-74(54)69(64-35-32-51(84-64)38-46(12-5)23-14-9-2)55-43-66(86-75(55)68)48-30-33-60-57(39-48)76(6,7)67(77(60)36-15-10-3)44-56-72(81)71(73(56)82)70-61(79)40-49(41-62(70)80)78-58-28-20-19-26-52(58)53-27-21-29-59(53)78/h16-20,24-26,28,30-35,39-46,53,59H,8-15,21-23,27,29,36-38H2,1-7H3,(H2,79,80,81,82). The van der Waals surface area contributed by atoms with Crippen LogP contribution in [0.2, 0.25) is 0 Å². The first-order valence-electron chi connectivity index (χ1n) is 32.0. The van der Waals surface area contributed by atoms with Crippen molar-refractivity contribution < 1.29 is 24.7 Å². The van der Waals surface area contributed by atoms with Gasteiger partial charge in [-0.15, -0.1) is 45.3 Å². The number of Topliss-reactive ketones (excluding diaryl/α,β-unsaturated/α-hetero) is 1. The molecule has 442 valence electrons. The van der Waals surface area contributed by atoms with Crippen molar-refractivity contribution in [2.45, 2.75) is 162 Å². The van der Waals surface area contributed by atoms with Gasteiger partial charge in [-0.1, -0.05) is 153 Å². The van der Waals surface area contributed by atoms with Gasteiger partial charge in [0.05, 0.1) is 11.0 Å². The molecule has 6 heterocycles. The molecule has 5 aromatic carbocycles. The van der Waals surface area contributed by atoms with Gasteiger partial charge >= 0.3 is 0 Å². The summed E-state index contributed by atoms with van der Waals surface area (Å²) in [6, 6.07) is 44.3. The lowest BCUT2D eigenvalue weighted by Gasteiger charge is -2.32. The highest BCUT2D eigenvalue weighted by molar-refractivity contribution is 7.26. The van der Waals surface area contributed by atoms with E-state index in [4.69, 9.17) is 0 Å². The number of thiophene rings is 4. The van der Waals surface area contributed by atoms with Gasteiger partial charge in [0.2, 0.25) is 5.69 Å². The zero-order chi connectivity index (χ0) is 59.5. The summed E-state index contributed by atoms with van der Waals surface area (Å²) in [5, 5.41) is 40.5. The zero-order valence-electron chi connectivity index (χ0n) is 51.0. The first-order valence-corrected chi connectivity index (χ1v) is 35.3. The van der Waals surface area contributed by atoms with Crippen LogP contribution in [0.15, 0.2) is 139 Å². The van der Waals surface area contributed by atoms with E-state index in [2.05, 4.69) is 161 Å². The summed E-state index contributed by atoms with van der Waals surface area (Å²) in [4.78, 5) is 24.8. The van der Waals surface area contributed by atoms with Crippen LogP contribution in [0.3, 0.4) is 0 Å². The Morgan fingerprint density at radius 2 is 1.24 bits per heavy atom. The zero-order valence-corrected chi connectivity index (χ0v) is 54.3. The normalized spacial score (nSPS) is 18.2. The lowest BCUT2D eigenvalue weighted by Crippen LogP contribution is -2.34. The number of carbonyl (C=O) groups excluding carboxylic acids is 1. The predicted molar refractivity (Wildman–Crippen MR) is 365 cm³/mol. The summed E-state index contributed by atoms with van der Waals surface area (Å²) in [5.41, 5.74) is 10.5. The van der Waals surface area contributed by atoms with E-state index in [0.717, 1.165) is 79.7 Å². The van der Waals surface area contributed by atoms with Crippen molar-refractivity contribution in [3.8, 4) is 53.3 Å². The number of hydrogen-bond acceptors (Lipinski definition) is 9. The van der Waals surface area contributed by atoms with Gasteiger partial charge in [0.25, 0.3) is 0 Å². The highest BCUT2D eigenvalue weighted by atomic mass is 32.1. The molecule has 0 bridgehead atoms. The van der Waals surface area contributed by atoms with E-state index in [1.807, 2.05) is 57.5 Å². The predicted octanol–water partition coefficient (Wildman–Crippen LogP) is 21.1. The Labute approximate surface area is 524 Å². The van der Waals surface area contributed by atoms with Gasteiger partial charge < -0.3 is 20.2 Å². The maximum absolute atomic E-state index is 14.5. The molecule has 1 saturated carbocycles. The van der Waals surface area contributed by atoms with Crippen LogP contribution in [0.25, 0.3) is 67.5 Å². The van der Waals surface area contributed by atoms with Gasteiger partial charge in [-0.2, -0.15) is 4.58 Å². The molecule has 10 heteroatoms. The van der Waals surface area contributed by atoms with Crippen LogP contribution in [-0.4, -0.2) is 38.9 Å². The van der Waals surface area contributed by atoms with Crippen molar-refractivity contribution in [2.24, 2.45) is 11.8 Å². The number of carbonyl (C=O) groups is 1. The number of unbranched alkanes of at least 4 members (excludes halogenated alkanes) is 3. The van der Waals surface area contributed by atoms with Gasteiger partial charge in [-0.05, 0) is 123 Å². The van der Waals surface area contributed by atoms with Crippen LogP contribution in [-0.2, 0) is 23.1 Å². The van der Waals surface area contributed by atoms with Gasteiger partial charge in [0.15, 0.2) is 11.5 Å². The first-order chi connectivity index (χ1) is 41.8. The first kappa shape index (κ1) is 58.5. The fourth-order valence-corrected chi connectivity index (χ4v) is 19.7. The molecule has 4 atom stereocenters. The van der Waals surface area contributed by atoms with Gasteiger partial charge in [0.1, 0.15) is 18.0 Å². The van der Waals surface area contributed by atoms with Crippen LogP contribution >= 0.6 is 45.3 Å². The molecular weight excluding hydrogens is 1130 g/mol. The third-order valence-corrected chi connectivity index (χ3v) is 24.2. The number of ketones is 1. The minimum absolute atomic E-state index is 0.0773. The summed E-state index contributed by atoms with van der Waals surface area (Å²) in [6.45, 7) is 16.7. The smallest absolute Gasteiger partial charge is 0.209 e. The van der Waals surface area contributed by atoms with Crippen molar-refractivity contribution in [2.75, 3.05) is 11.4 Å². The summed E-state index contributed by atoms with van der Waals surface area (Å²) in [6.07, 6.45) is 19.1.